The van der Waals surface area contributed by atoms with Crippen molar-refractivity contribution in [1.82, 2.24) is 15.2 Å². The van der Waals surface area contributed by atoms with Crippen LogP contribution >= 0.6 is 23.2 Å². The minimum Gasteiger partial charge on any atom is -0.394 e. The number of hydrogen-bond acceptors (Lipinski definition) is 7. The standard InChI is InChI=1S/C42H42Cl2F2N4O5/c43-28-11-14-31-32(18-28)49-39(54)42(31)34(27-15-16-47-33(44)17-27)36(38(53)48-29-12-13-30(19-51)55-20-29)50(41(42)21-40(22-41,23-45)24-46)35(25-7-3-1-4-8-25)37(52)26-9-5-2-6-10-26/h1-11,14-18,29-30,34-37,51-52H,12-13,19-24H2,(H,48,53)(H,49,54)/t29-,30+,34+,35-,36-,37+,42?/m1/s1. The van der Waals surface area contributed by atoms with Gasteiger partial charge in [0.2, 0.25) is 11.8 Å². The lowest BCUT2D eigenvalue weighted by Crippen LogP contribution is -2.72. The molecule has 4 aliphatic rings. The molecule has 2 spiro atoms. The number of aromatic nitrogens is 1. The molecule has 2 amide bonds. The molecule has 0 bridgehead atoms. The molecule has 8 rings (SSSR count). The number of alkyl halides is 2. The topological polar surface area (TPSA) is 124 Å². The Hall–Kier alpha value is -3.97. The minimum atomic E-state index is -1.65. The Morgan fingerprint density at radius 2 is 1.67 bits per heavy atom. The Balaban J connectivity index is 1.43. The quantitative estimate of drug-likeness (QED) is 0.133. The molecule has 3 aliphatic heterocycles. The maximum absolute atomic E-state index is 15.5. The summed E-state index contributed by atoms with van der Waals surface area (Å²) in [7, 11) is 0. The van der Waals surface area contributed by atoms with E-state index in [1.807, 2.05) is 53.4 Å². The monoisotopic (exact) mass is 790 g/mol. The summed E-state index contributed by atoms with van der Waals surface area (Å²) >= 11 is 13.1. The molecule has 2 saturated heterocycles. The fourth-order valence-corrected chi connectivity index (χ4v) is 10.6. The van der Waals surface area contributed by atoms with Gasteiger partial charge in [0.1, 0.15) is 10.6 Å². The number of aliphatic hydroxyl groups excluding tert-OH is 2. The molecule has 55 heavy (non-hydrogen) atoms. The van der Waals surface area contributed by atoms with E-state index in [9.17, 15) is 10.2 Å². The Kier molecular flexibility index (Phi) is 10.2. The molecule has 4 aromatic rings. The summed E-state index contributed by atoms with van der Waals surface area (Å²) in [5.74, 6) is -1.93. The first-order chi connectivity index (χ1) is 26.6. The van der Waals surface area contributed by atoms with Crippen LogP contribution < -0.4 is 10.6 Å². The lowest BCUT2D eigenvalue weighted by atomic mass is 9.45. The Bertz CT molecular complexity index is 2040. The van der Waals surface area contributed by atoms with Gasteiger partial charge in [0.25, 0.3) is 0 Å². The summed E-state index contributed by atoms with van der Waals surface area (Å²) in [6.07, 6.45) is 0.641. The van der Waals surface area contributed by atoms with Crippen molar-refractivity contribution < 1.29 is 33.3 Å². The van der Waals surface area contributed by atoms with Crippen molar-refractivity contribution in [3.05, 3.63) is 130 Å². The largest absolute Gasteiger partial charge is 0.394 e. The summed E-state index contributed by atoms with van der Waals surface area (Å²) in [6.45, 7) is -1.98. The maximum atomic E-state index is 15.5. The zero-order chi connectivity index (χ0) is 38.5. The van der Waals surface area contributed by atoms with Crippen LogP contribution in [-0.2, 0) is 19.7 Å². The molecule has 13 heteroatoms. The van der Waals surface area contributed by atoms with E-state index in [-0.39, 0.29) is 37.3 Å². The van der Waals surface area contributed by atoms with E-state index in [0.717, 1.165) is 0 Å². The molecular weight excluding hydrogens is 749 g/mol. The van der Waals surface area contributed by atoms with Gasteiger partial charge in [0.15, 0.2) is 0 Å². The highest BCUT2D eigenvalue weighted by Crippen LogP contribution is 2.74. The molecule has 288 valence electrons. The van der Waals surface area contributed by atoms with Gasteiger partial charge in [-0.15, -0.1) is 0 Å². The molecule has 1 saturated carbocycles. The maximum Gasteiger partial charge on any atom is 0.238 e. The van der Waals surface area contributed by atoms with E-state index in [0.29, 0.717) is 45.8 Å². The average Bonchev–Trinajstić information content (AvgIpc) is 3.63. The number of hydrogen-bond donors (Lipinski definition) is 4. The number of aliphatic hydroxyl groups is 2. The number of carbonyl (C=O) groups is 2. The van der Waals surface area contributed by atoms with Crippen LogP contribution in [0.4, 0.5) is 14.5 Å². The Morgan fingerprint density at radius 1 is 0.982 bits per heavy atom. The van der Waals surface area contributed by atoms with Gasteiger partial charge in [0.05, 0.1) is 56.9 Å². The van der Waals surface area contributed by atoms with Gasteiger partial charge in [-0.05, 0) is 72.2 Å². The summed E-state index contributed by atoms with van der Waals surface area (Å²) < 4.78 is 36.4. The molecule has 0 radical (unpaired) electrons. The SMILES string of the molecule is O=C(N[C@@H]1CC[C@@H](CO)OC1)[C@H]1[C@H](c2ccnc(Cl)c2)C2(C(=O)Nc3cc(Cl)ccc32)C2(CC(CF)(CF)C2)N1[C@H](c1ccccc1)[C@@H](O)c1ccccc1. The van der Waals surface area contributed by atoms with E-state index < -0.39 is 71.7 Å². The fourth-order valence-electron chi connectivity index (χ4n) is 10.2. The van der Waals surface area contributed by atoms with Crippen molar-refractivity contribution in [2.45, 2.75) is 72.9 Å². The van der Waals surface area contributed by atoms with Crippen molar-refractivity contribution in [2.75, 3.05) is 31.9 Å². The van der Waals surface area contributed by atoms with E-state index in [2.05, 4.69) is 15.6 Å². The van der Waals surface area contributed by atoms with E-state index in [1.54, 1.807) is 42.5 Å². The molecule has 1 aromatic heterocycles. The zero-order valence-electron chi connectivity index (χ0n) is 29.9. The van der Waals surface area contributed by atoms with Gasteiger partial charge in [-0.1, -0.05) is 89.9 Å². The number of benzene rings is 3. The molecule has 3 aromatic carbocycles. The third-order valence-corrected chi connectivity index (χ3v) is 12.8. The van der Waals surface area contributed by atoms with Gasteiger partial charge < -0.3 is 25.6 Å². The third kappa shape index (κ3) is 6.06. The van der Waals surface area contributed by atoms with E-state index in [1.165, 1.54) is 6.20 Å². The Labute approximate surface area is 328 Å². The number of fused-ring (bicyclic) bond motifs is 3. The van der Waals surface area contributed by atoms with Gasteiger partial charge in [-0.2, -0.15) is 0 Å². The number of pyridine rings is 1. The van der Waals surface area contributed by atoms with Gasteiger partial charge in [0, 0.05) is 33.8 Å². The predicted octanol–water partition coefficient (Wildman–Crippen LogP) is 6.64. The van der Waals surface area contributed by atoms with Crippen LogP contribution in [-0.4, -0.2) is 82.2 Å². The van der Waals surface area contributed by atoms with Gasteiger partial charge in [-0.25, -0.2) is 4.98 Å². The summed E-state index contributed by atoms with van der Waals surface area (Å²) in [4.78, 5) is 37.0. The van der Waals surface area contributed by atoms with E-state index >= 15 is 18.4 Å². The first-order valence-electron chi connectivity index (χ1n) is 18.6. The minimum absolute atomic E-state index is 0.129. The van der Waals surface area contributed by atoms with E-state index in [4.69, 9.17) is 27.9 Å². The van der Waals surface area contributed by atoms with Crippen LogP contribution in [0.2, 0.25) is 10.2 Å². The van der Waals surface area contributed by atoms with Gasteiger partial charge >= 0.3 is 0 Å². The highest BCUT2D eigenvalue weighted by Gasteiger charge is 2.81. The summed E-state index contributed by atoms with van der Waals surface area (Å²) in [6, 6.07) is 24.0. The molecule has 7 atom stereocenters. The lowest BCUT2D eigenvalue weighted by molar-refractivity contribution is -0.166. The second-order valence-corrected chi connectivity index (χ2v) is 16.3. The van der Waals surface area contributed by atoms with Crippen LogP contribution in [0.15, 0.2) is 97.2 Å². The van der Waals surface area contributed by atoms with Crippen molar-refractivity contribution in [1.29, 1.82) is 0 Å². The highest BCUT2D eigenvalue weighted by atomic mass is 35.5. The first kappa shape index (κ1) is 37.9. The van der Waals surface area contributed by atoms with Gasteiger partial charge in [-0.3, -0.25) is 23.3 Å². The van der Waals surface area contributed by atoms with Crippen molar-refractivity contribution >= 4 is 40.7 Å². The number of anilines is 1. The number of amides is 2. The average molecular weight is 792 g/mol. The molecule has 9 nitrogen and oxygen atoms in total. The normalized spacial score (nSPS) is 27.6. The summed E-state index contributed by atoms with van der Waals surface area (Å²) in [5, 5.41) is 29.2. The second kappa shape index (κ2) is 14.8. The Morgan fingerprint density at radius 3 is 2.29 bits per heavy atom. The second-order valence-electron chi connectivity index (χ2n) is 15.5. The van der Waals surface area contributed by atoms with Crippen molar-refractivity contribution in [2.24, 2.45) is 5.41 Å². The van der Waals surface area contributed by atoms with Crippen LogP contribution in [0, 0.1) is 5.41 Å². The van der Waals surface area contributed by atoms with Crippen LogP contribution in [0.5, 0.6) is 0 Å². The molecule has 1 unspecified atom stereocenters. The summed E-state index contributed by atoms with van der Waals surface area (Å²) in [5.41, 5.74) is -1.90. The third-order valence-electron chi connectivity index (χ3n) is 12.4. The molecule has 1 aliphatic carbocycles. The smallest absolute Gasteiger partial charge is 0.238 e. The number of ether oxygens (including phenoxy) is 1. The number of halogens is 4. The van der Waals surface area contributed by atoms with Crippen LogP contribution in [0.25, 0.3) is 0 Å². The number of nitrogens with zero attached hydrogens (tertiary/aromatic N) is 2. The number of carbonyl (C=O) groups excluding carboxylic acids is 2. The van der Waals surface area contributed by atoms with Crippen LogP contribution in [0.3, 0.4) is 0 Å². The molecular formula is C42H42Cl2F2N4O5. The lowest BCUT2D eigenvalue weighted by Gasteiger charge is -2.63. The van der Waals surface area contributed by atoms with Crippen LogP contribution in [0.1, 0.15) is 66.0 Å². The molecule has 4 heterocycles. The highest BCUT2D eigenvalue weighted by molar-refractivity contribution is 6.31. The molecule has 3 fully saturated rings. The number of likely N-dealkylation sites (tertiary alicyclic amines) is 1. The first-order valence-corrected chi connectivity index (χ1v) is 19.3. The number of nitrogens with one attached hydrogen (secondary N) is 2. The zero-order valence-corrected chi connectivity index (χ0v) is 31.4. The van der Waals surface area contributed by atoms with Crippen molar-refractivity contribution in [3.8, 4) is 0 Å². The fraction of sp³-hybridized carbons (Fsp3) is 0.405. The predicted molar refractivity (Wildman–Crippen MR) is 204 cm³/mol. The molecule has 4 N–H and O–H groups in total. The number of rotatable bonds is 10. The van der Waals surface area contributed by atoms with Crippen molar-refractivity contribution in [3.63, 3.8) is 0 Å².